The number of phenolic OH excluding ortho intramolecular Hbond substituents is 1. The van der Waals surface area contributed by atoms with E-state index in [1.807, 2.05) is 18.2 Å². The van der Waals surface area contributed by atoms with Gasteiger partial charge in [0.15, 0.2) is 4.32 Å². The molecule has 4 nitrogen and oxygen atoms in total. The molecule has 1 N–H and O–H groups in total. The lowest BCUT2D eigenvalue weighted by Gasteiger charge is -2.14. The summed E-state index contributed by atoms with van der Waals surface area (Å²) in [6, 6.07) is 11.9. The predicted molar refractivity (Wildman–Crippen MR) is 88.0 cm³/mol. The number of phenols is 1. The quantitative estimate of drug-likeness (QED) is 0.681. The van der Waals surface area contributed by atoms with Crippen molar-refractivity contribution in [3.63, 3.8) is 0 Å². The van der Waals surface area contributed by atoms with Gasteiger partial charge in [-0.15, -0.1) is 0 Å². The average molecular weight is 314 g/mol. The number of pyridine rings is 1. The number of aromatic nitrogens is 1. The van der Waals surface area contributed by atoms with Crippen LogP contribution in [-0.4, -0.2) is 20.3 Å². The molecule has 1 aromatic heterocycles. The Labute approximate surface area is 131 Å². The number of amides is 1. The Kier molecular flexibility index (Phi) is 3.72. The van der Waals surface area contributed by atoms with Crippen LogP contribution in [0.3, 0.4) is 0 Å². The number of nitrogens with zero attached hydrogens (tertiary/aromatic N) is 2. The molecule has 0 spiro atoms. The number of carbonyl (C=O) groups is 1. The molecule has 0 unspecified atom stereocenters. The molecule has 3 rings (SSSR count). The maximum atomic E-state index is 12.5. The molecule has 0 bridgehead atoms. The lowest BCUT2D eigenvalue weighted by atomic mass is 10.2. The Balaban J connectivity index is 1.92. The Morgan fingerprint density at radius 1 is 1.19 bits per heavy atom. The van der Waals surface area contributed by atoms with Gasteiger partial charge in [-0.3, -0.25) is 14.7 Å². The molecule has 0 saturated carbocycles. The van der Waals surface area contributed by atoms with Crippen LogP contribution in [0.15, 0.2) is 53.6 Å². The summed E-state index contributed by atoms with van der Waals surface area (Å²) in [5.74, 6) is -0.0328. The lowest BCUT2D eigenvalue weighted by molar-refractivity contribution is -0.113. The summed E-state index contributed by atoms with van der Waals surface area (Å²) in [5, 5.41) is 9.32. The van der Waals surface area contributed by atoms with E-state index in [4.69, 9.17) is 12.2 Å². The molecule has 0 aliphatic carbocycles. The first kappa shape index (κ1) is 13.8. The topological polar surface area (TPSA) is 53.4 Å². The van der Waals surface area contributed by atoms with Crippen molar-refractivity contribution in [2.45, 2.75) is 0 Å². The largest absolute Gasteiger partial charge is 0.508 e. The molecule has 0 atom stereocenters. The number of aromatic hydroxyl groups is 1. The number of rotatable bonds is 2. The SMILES string of the molecule is O=C1/C(=C/c2ccccn2)SC(=S)N1c1ccc(O)cc1. The second kappa shape index (κ2) is 5.67. The van der Waals surface area contributed by atoms with Gasteiger partial charge in [-0.25, -0.2) is 0 Å². The maximum Gasteiger partial charge on any atom is 0.270 e. The van der Waals surface area contributed by atoms with Crippen molar-refractivity contribution < 1.29 is 9.90 Å². The first-order valence-electron chi connectivity index (χ1n) is 6.13. The zero-order valence-electron chi connectivity index (χ0n) is 10.8. The molecular weight excluding hydrogens is 304 g/mol. The van der Waals surface area contributed by atoms with Crippen LogP contribution in [0.5, 0.6) is 5.75 Å². The van der Waals surface area contributed by atoms with E-state index in [9.17, 15) is 9.90 Å². The van der Waals surface area contributed by atoms with E-state index in [2.05, 4.69) is 4.98 Å². The zero-order valence-corrected chi connectivity index (χ0v) is 12.4. The molecule has 1 aromatic carbocycles. The highest BCUT2D eigenvalue weighted by molar-refractivity contribution is 8.27. The molecule has 1 amide bonds. The van der Waals surface area contributed by atoms with Gasteiger partial charge < -0.3 is 5.11 Å². The first-order chi connectivity index (χ1) is 10.1. The van der Waals surface area contributed by atoms with Crippen molar-refractivity contribution in [1.82, 2.24) is 4.98 Å². The highest BCUT2D eigenvalue weighted by Gasteiger charge is 2.33. The van der Waals surface area contributed by atoms with Crippen LogP contribution < -0.4 is 4.90 Å². The van der Waals surface area contributed by atoms with E-state index in [1.165, 1.54) is 28.8 Å². The van der Waals surface area contributed by atoms with Crippen molar-refractivity contribution in [3.05, 3.63) is 59.3 Å². The second-order valence-corrected chi connectivity index (χ2v) is 5.96. The molecule has 0 radical (unpaired) electrons. The van der Waals surface area contributed by atoms with E-state index in [-0.39, 0.29) is 11.7 Å². The van der Waals surface area contributed by atoms with Crippen molar-refractivity contribution in [2.75, 3.05) is 4.90 Å². The fraction of sp³-hybridized carbons (Fsp3) is 0. The summed E-state index contributed by atoms with van der Waals surface area (Å²) in [4.78, 5) is 18.6. The molecule has 6 heteroatoms. The fourth-order valence-corrected chi connectivity index (χ4v) is 3.17. The minimum atomic E-state index is -0.179. The number of hydrogen-bond donors (Lipinski definition) is 1. The number of benzene rings is 1. The molecule has 1 aliphatic heterocycles. The smallest absolute Gasteiger partial charge is 0.270 e. The monoisotopic (exact) mass is 314 g/mol. The van der Waals surface area contributed by atoms with Crippen LogP contribution in [-0.2, 0) is 4.79 Å². The van der Waals surface area contributed by atoms with E-state index in [1.54, 1.807) is 24.4 Å². The van der Waals surface area contributed by atoms with Crippen LogP contribution in [0.4, 0.5) is 5.69 Å². The lowest BCUT2D eigenvalue weighted by Crippen LogP contribution is -2.27. The second-order valence-electron chi connectivity index (χ2n) is 4.29. The highest BCUT2D eigenvalue weighted by Crippen LogP contribution is 2.36. The normalized spacial score (nSPS) is 16.8. The van der Waals surface area contributed by atoms with Gasteiger partial charge in [-0.05, 0) is 42.5 Å². The van der Waals surface area contributed by atoms with Crippen LogP contribution in [0.25, 0.3) is 6.08 Å². The third-order valence-electron chi connectivity index (χ3n) is 2.87. The summed E-state index contributed by atoms with van der Waals surface area (Å²) < 4.78 is 0.466. The van der Waals surface area contributed by atoms with Gasteiger partial charge in [0, 0.05) is 6.20 Å². The summed E-state index contributed by atoms with van der Waals surface area (Å²) in [7, 11) is 0. The highest BCUT2D eigenvalue weighted by atomic mass is 32.2. The van der Waals surface area contributed by atoms with Crippen LogP contribution >= 0.6 is 24.0 Å². The average Bonchev–Trinajstić information content (AvgIpc) is 2.76. The van der Waals surface area contributed by atoms with Crippen LogP contribution in [0.1, 0.15) is 5.69 Å². The summed E-state index contributed by atoms with van der Waals surface area (Å²) >= 11 is 6.51. The fourth-order valence-electron chi connectivity index (χ4n) is 1.89. The third-order valence-corrected chi connectivity index (χ3v) is 4.17. The molecule has 104 valence electrons. The van der Waals surface area contributed by atoms with Gasteiger partial charge in [0.05, 0.1) is 16.3 Å². The maximum absolute atomic E-state index is 12.5. The Hall–Kier alpha value is -2.18. The summed E-state index contributed by atoms with van der Waals surface area (Å²) in [6.45, 7) is 0. The third kappa shape index (κ3) is 2.81. The Bertz CT molecular complexity index is 727. The van der Waals surface area contributed by atoms with Gasteiger partial charge in [-0.1, -0.05) is 30.0 Å². The zero-order chi connectivity index (χ0) is 14.8. The van der Waals surface area contributed by atoms with Gasteiger partial charge in [0.2, 0.25) is 0 Å². The van der Waals surface area contributed by atoms with Crippen LogP contribution in [0, 0.1) is 0 Å². The first-order valence-corrected chi connectivity index (χ1v) is 7.35. The van der Waals surface area contributed by atoms with Gasteiger partial charge in [0.25, 0.3) is 5.91 Å². The van der Waals surface area contributed by atoms with E-state index < -0.39 is 0 Å². The predicted octanol–water partition coefficient (Wildman–Crippen LogP) is 3.19. The van der Waals surface area contributed by atoms with E-state index >= 15 is 0 Å². The summed E-state index contributed by atoms with van der Waals surface area (Å²) in [5.41, 5.74) is 1.35. The standard InChI is InChI=1S/C15H10N2O2S2/c18-12-6-4-11(5-7-12)17-14(19)13(21-15(17)20)9-10-3-1-2-8-16-10/h1-9,18H/b13-9-. The molecule has 2 aromatic rings. The van der Waals surface area contributed by atoms with Gasteiger partial charge >= 0.3 is 0 Å². The van der Waals surface area contributed by atoms with Crippen LogP contribution in [0.2, 0.25) is 0 Å². The van der Waals surface area contributed by atoms with Crippen molar-refractivity contribution in [2.24, 2.45) is 0 Å². The van der Waals surface area contributed by atoms with Crippen molar-refractivity contribution in [3.8, 4) is 5.75 Å². The van der Waals surface area contributed by atoms with Gasteiger partial charge in [0.1, 0.15) is 5.75 Å². The molecule has 21 heavy (non-hydrogen) atoms. The summed E-state index contributed by atoms with van der Waals surface area (Å²) in [6.07, 6.45) is 3.40. The minimum Gasteiger partial charge on any atom is -0.508 e. The van der Waals surface area contributed by atoms with Crippen molar-refractivity contribution in [1.29, 1.82) is 0 Å². The number of thiocarbonyl (C=S) groups is 1. The van der Waals surface area contributed by atoms with E-state index in [0.717, 1.165) is 0 Å². The number of anilines is 1. The molecule has 1 fully saturated rings. The molecular formula is C15H10N2O2S2. The molecule has 1 aliphatic rings. The van der Waals surface area contributed by atoms with Gasteiger partial charge in [-0.2, -0.15) is 0 Å². The Morgan fingerprint density at radius 3 is 2.62 bits per heavy atom. The van der Waals surface area contributed by atoms with E-state index in [0.29, 0.717) is 20.6 Å². The molecule has 1 saturated heterocycles. The Morgan fingerprint density at radius 2 is 1.95 bits per heavy atom. The number of hydrogen-bond acceptors (Lipinski definition) is 5. The molecule has 2 heterocycles. The number of carbonyl (C=O) groups excluding carboxylic acids is 1. The minimum absolute atomic E-state index is 0.146. The number of thioether (sulfide) groups is 1. The van der Waals surface area contributed by atoms with Crippen molar-refractivity contribution >= 4 is 46.0 Å².